The number of amides is 1. The monoisotopic (exact) mass is 352 g/mol. The minimum atomic E-state index is 0.0301. The number of rotatable bonds is 5. The molecule has 1 amide bonds. The van der Waals surface area contributed by atoms with Crippen LogP contribution in [0, 0.1) is 0 Å². The summed E-state index contributed by atoms with van der Waals surface area (Å²) >= 11 is 1.60. The Morgan fingerprint density at radius 1 is 1.24 bits per heavy atom. The van der Waals surface area contributed by atoms with E-state index >= 15 is 0 Å². The van der Waals surface area contributed by atoms with Crippen LogP contribution in [-0.4, -0.2) is 21.8 Å². The van der Waals surface area contributed by atoms with Crippen LogP contribution in [0.2, 0.25) is 0 Å². The van der Waals surface area contributed by atoms with Gasteiger partial charge in [-0.15, -0.1) is 11.3 Å². The molecule has 1 aromatic carbocycles. The third kappa shape index (κ3) is 3.66. The van der Waals surface area contributed by atoms with E-state index < -0.39 is 0 Å². The molecule has 2 aromatic heterocycles. The van der Waals surface area contributed by atoms with Gasteiger partial charge in [0, 0.05) is 12.1 Å². The van der Waals surface area contributed by atoms with Gasteiger partial charge in [-0.25, -0.2) is 4.98 Å². The smallest absolute Gasteiger partial charge is 0.247 e. The summed E-state index contributed by atoms with van der Waals surface area (Å²) in [5.41, 5.74) is 0.975. The molecule has 5 heteroatoms. The van der Waals surface area contributed by atoms with Crippen molar-refractivity contribution in [1.29, 1.82) is 0 Å². The highest BCUT2D eigenvalue weighted by atomic mass is 32.1. The van der Waals surface area contributed by atoms with Crippen LogP contribution in [0.15, 0.2) is 53.2 Å². The molecule has 25 heavy (non-hydrogen) atoms. The fraction of sp³-hybridized carbons (Fsp3) is 0.300. The summed E-state index contributed by atoms with van der Waals surface area (Å²) < 4.78 is 6.59. The molecule has 1 aliphatic rings. The van der Waals surface area contributed by atoms with Crippen molar-refractivity contribution in [2.75, 3.05) is 0 Å². The summed E-state index contributed by atoms with van der Waals surface area (Å²) in [5, 5.41) is 0.860. The number of fused-ring (bicyclic) bond motifs is 1. The largest absolute Gasteiger partial charge is 0.467 e. The summed E-state index contributed by atoms with van der Waals surface area (Å²) in [7, 11) is 0. The van der Waals surface area contributed by atoms with Crippen LogP contribution < -0.4 is 0 Å². The zero-order valence-corrected chi connectivity index (χ0v) is 14.7. The number of benzene rings is 1. The Hall–Kier alpha value is -2.40. The third-order valence-corrected chi connectivity index (χ3v) is 5.64. The standard InChI is InChI=1S/C20H20N2O2S/c23-20(12-11-19-21-17-9-3-4-10-18(17)25-19)22(15-6-1-2-7-15)14-16-8-5-13-24-16/h3-5,8-13,15H,1-2,6-7,14H2/b12-11+. The molecule has 128 valence electrons. The SMILES string of the molecule is O=C(/C=C/c1nc2ccccc2s1)N(Cc1ccco1)C1CCCC1. The van der Waals surface area contributed by atoms with E-state index in [9.17, 15) is 4.79 Å². The lowest BCUT2D eigenvalue weighted by atomic mass is 10.2. The molecule has 3 aromatic rings. The van der Waals surface area contributed by atoms with Crippen molar-refractivity contribution in [2.24, 2.45) is 0 Å². The molecule has 4 rings (SSSR count). The Morgan fingerprint density at radius 2 is 2.08 bits per heavy atom. The second-order valence-corrected chi connectivity index (χ2v) is 7.40. The van der Waals surface area contributed by atoms with Gasteiger partial charge in [0.05, 0.1) is 23.0 Å². The number of hydrogen-bond donors (Lipinski definition) is 0. The van der Waals surface area contributed by atoms with Crippen LogP contribution in [0.1, 0.15) is 36.5 Å². The van der Waals surface area contributed by atoms with E-state index in [0.717, 1.165) is 33.8 Å². The van der Waals surface area contributed by atoms with Crippen molar-refractivity contribution >= 4 is 33.5 Å². The molecule has 1 fully saturated rings. The van der Waals surface area contributed by atoms with Gasteiger partial charge in [0.2, 0.25) is 5.91 Å². The molecular weight excluding hydrogens is 332 g/mol. The van der Waals surface area contributed by atoms with Crippen LogP contribution in [0.4, 0.5) is 0 Å². The van der Waals surface area contributed by atoms with Crippen LogP contribution in [0.3, 0.4) is 0 Å². The second-order valence-electron chi connectivity index (χ2n) is 6.34. The normalized spacial score (nSPS) is 15.4. The van der Waals surface area contributed by atoms with Crippen molar-refractivity contribution in [3.05, 3.63) is 59.5 Å². The van der Waals surface area contributed by atoms with Crippen molar-refractivity contribution in [3.63, 3.8) is 0 Å². The first kappa shape index (κ1) is 16.1. The molecule has 4 nitrogen and oxygen atoms in total. The number of furan rings is 1. The van der Waals surface area contributed by atoms with E-state index in [0.29, 0.717) is 12.6 Å². The quantitative estimate of drug-likeness (QED) is 0.615. The molecule has 0 bridgehead atoms. The Bertz CT molecular complexity index is 843. The van der Waals surface area contributed by atoms with Gasteiger partial charge in [0.25, 0.3) is 0 Å². The number of carbonyl (C=O) groups excluding carboxylic acids is 1. The van der Waals surface area contributed by atoms with E-state index in [2.05, 4.69) is 4.98 Å². The molecule has 0 aliphatic heterocycles. The molecule has 0 saturated heterocycles. The van der Waals surface area contributed by atoms with Gasteiger partial charge in [0.1, 0.15) is 10.8 Å². The topological polar surface area (TPSA) is 46.3 Å². The number of nitrogens with zero attached hydrogens (tertiary/aromatic N) is 2. The zero-order valence-electron chi connectivity index (χ0n) is 13.9. The highest BCUT2D eigenvalue weighted by Crippen LogP contribution is 2.26. The second kappa shape index (κ2) is 7.23. The first-order valence-electron chi connectivity index (χ1n) is 8.66. The summed E-state index contributed by atoms with van der Waals surface area (Å²) in [6.07, 6.45) is 9.66. The maximum absolute atomic E-state index is 12.8. The predicted molar refractivity (Wildman–Crippen MR) is 100 cm³/mol. The predicted octanol–water partition coefficient (Wildman–Crippen LogP) is 4.87. The van der Waals surface area contributed by atoms with Crippen LogP contribution in [-0.2, 0) is 11.3 Å². The zero-order chi connectivity index (χ0) is 17.1. The van der Waals surface area contributed by atoms with Crippen molar-refractivity contribution in [1.82, 2.24) is 9.88 Å². The molecular formula is C20H20N2O2S. The highest BCUT2D eigenvalue weighted by molar-refractivity contribution is 7.19. The molecule has 2 heterocycles. The number of carbonyl (C=O) groups is 1. The fourth-order valence-electron chi connectivity index (χ4n) is 3.37. The van der Waals surface area contributed by atoms with E-state index in [1.165, 1.54) is 12.8 Å². The molecule has 0 N–H and O–H groups in total. The van der Waals surface area contributed by atoms with Gasteiger partial charge < -0.3 is 9.32 Å². The summed E-state index contributed by atoms with van der Waals surface area (Å²) in [6, 6.07) is 12.1. The number of hydrogen-bond acceptors (Lipinski definition) is 4. The number of aromatic nitrogens is 1. The summed E-state index contributed by atoms with van der Waals surface area (Å²) in [5.74, 6) is 0.858. The third-order valence-electron chi connectivity index (χ3n) is 4.63. The van der Waals surface area contributed by atoms with E-state index in [4.69, 9.17) is 4.42 Å². The molecule has 0 unspecified atom stereocenters. The molecule has 1 saturated carbocycles. The Morgan fingerprint density at radius 3 is 2.84 bits per heavy atom. The average molecular weight is 352 g/mol. The first-order valence-corrected chi connectivity index (χ1v) is 9.48. The van der Waals surface area contributed by atoms with Gasteiger partial charge in [0.15, 0.2) is 0 Å². The van der Waals surface area contributed by atoms with Crippen LogP contribution in [0.25, 0.3) is 16.3 Å². The molecule has 0 atom stereocenters. The molecule has 0 spiro atoms. The summed E-state index contributed by atoms with van der Waals surface area (Å²) in [6.45, 7) is 0.528. The van der Waals surface area contributed by atoms with Crippen molar-refractivity contribution < 1.29 is 9.21 Å². The maximum atomic E-state index is 12.8. The Kier molecular flexibility index (Phi) is 4.65. The average Bonchev–Trinajstić information content (AvgIpc) is 3.38. The highest BCUT2D eigenvalue weighted by Gasteiger charge is 2.26. The van der Waals surface area contributed by atoms with Crippen molar-refractivity contribution in [3.8, 4) is 0 Å². The first-order chi connectivity index (χ1) is 12.3. The van der Waals surface area contributed by atoms with Gasteiger partial charge in [-0.05, 0) is 43.2 Å². The minimum Gasteiger partial charge on any atom is -0.467 e. The lowest BCUT2D eigenvalue weighted by Gasteiger charge is -2.27. The Labute approximate surface area is 150 Å². The van der Waals surface area contributed by atoms with Gasteiger partial charge in [-0.1, -0.05) is 25.0 Å². The van der Waals surface area contributed by atoms with E-state index in [-0.39, 0.29) is 5.91 Å². The minimum absolute atomic E-state index is 0.0301. The lowest BCUT2D eigenvalue weighted by Crippen LogP contribution is -2.37. The van der Waals surface area contributed by atoms with Gasteiger partial charge in [-0.2, -0.15) is 0 Å². The van der Waals surface area contributed by atoms with Crippen LogP contribution >= 0.6 is 11.3 Å². The van der Waals surface area contributed by atoms with Gasteiger partial charge in [-0.3, -0.25) is 4.79 Å². The van der Waals surface area contributed by atoms with Crippen molar-refractivity contribution in [2.45, 2.75) is 38.3 Å². The van der Waals surface area contributed by atoms with Crippen LogP contribution in [0.5, 0.6) is 0 Å². The number of para-hydroxylation sites is 1. The lowest BCUT2D eigenvalue weighted by molar-refractivity contribution is -0.129. The molecule has 1 aliphatic carbocycles. The Balaban J connectivity index is 1.52. The molecule has 0 radical (unpaired) electrons. The van der Waals surface area contributed by atoms with E-state index in [1.807, 2.05) is 47.4 Å². The fourth-order valence-corrected chi connectivity index (χ4v) is 4.24. The van der Waals surface area contributed by atoms with E-state index in [1.54, 1.807) is 23.7 Å². The summed E-state index contributed by atoms with van der Waals surface area (Å²) in [4.78, 5) is 19.3. The maximum Gasteiger partial charge on any atom is 0.247 e. The van der Waals surface area contributed by atoms with Gasteiger partial charge >= 0.3 is 0 Å². The number of thiazole rings is 1.